The molecule has 0 radical (unpaired) electrons. The normalized spacial score (nSPS) is 11.4. The van der Waals surface area contributed by atoms with Crippen LogP contribution in [0.25, 0.3) is 10.9 Å². The molecule has 0 fully saturated rings. The second-order valence-electron chi connectivity index (χ2n) is 11.8. The lowest BCUT2D eigenvalue weighted by molar-refractivity contribution is 0.0951. The smallest absolute Gasteiger partial charge is 0.281 e. The van der Waals surface area contributed by atoms with E-state index in [-0.39, 0.29) is 16.5 Å². The van der Waals surface area contributed by atoms with Crippen LogP contribution in [0.1, 0.15) is 44.0 Å². The van der Waals surface area contributed by atoms with Gasteiger partial charge in [0.25, 0.3) is 21.8 Å². The van der Waals surface area contributed by atoms with Crippen LogP contribution in [0, 0.1) is 13.8 Å². The van der Waals surface area contributed by atoms with E-state index in [1.807, 2.05) is 85.9 Å². The largest absolute Gasteiger partial charge is 0.494 e. The first-order chi connectivity index (χ1) is 22.9. The molecule has 0 saturated carbocycles. The zero-order valence-electron chi connectivity index (χ0n) is 27.4. The monoisotopic (exact) mass is 686 g/mol. The van der Waals surface area contributed by atoms with E-state index >= 15 is 0 Å². The molecule has 1 aromatic heterocycles. The highest BCUT2D eigenvalue weighted by Gasteiger charge is 2.22. The van der Waals surface area contributed by atoms with E-state index in [4.69, 9.17) is 16.3 Å². The number of hydrogen-bond donors (Lipinski definition) is 2. The maximum absolute atomic E-state index is 13.4. The number of carbonyl (C=O) groups excluding carboxylic acids is 2. The van der Waals surface area contributed by atoms with Crippen molar-refractivity contribution in [3.05, 3.63) is 124 Å². The fourth-order valence-corrected chi connectivity index (χ4v) is 6.51. The van der Waals surface area contributed by atoms with Crippen molar-refractivity contribution in [1.29, 1.82) is 0 Å². The summed E-state index contributed by atoms with van der Waals surface area (Å²) in [5.41, 5.74) is 5.33. The van der Waals surface area contributed by atoms with Crippen LogP contribution in [0.15, 0.2) is 95.9 Å². The van der Waals surface area contributed by atoms with Gasteiger partial charge in [-0.25, -0.2) is 13.1 Å². The fourth-order valence-electron chi connectivity index (χ4n) is 5.44. The Labute approximate surface area is 286 Å². The van der Waals surface area contributed by atoms with Crippen molar-refractivity contribution >= 4 is 50.0 Å². The number of sulfonamides is 1. The number of hydrogen-bond acceptors (Lipinski definition) is 6. The summed E-state index contributed by atoms with van der Waals surface area (Å²) in [6.45, 7) is 5.07. The highest BCUT2D eigenvalue weighted by molar-refractivity contribution is 7.90. The lowest BCUT2D eigenvalue weighted by atomic mass is 10.1. The van der Waals surface area contributed by atoms with Crippen molar-refractivity contribution in [1.82, 2.24) is 14.6 Å². The molecule has 5 rings (SSSR count). The van der Waals surface area contributed by atoms with E-state index in [9.17, 15) is 18.0 Å². The van der Waals surface area contributed by atoms with Crippen LogP contribution in [0.4, 0.5) is 5.69 Å². The summed E-state index contributed by atoms with van der Waals surface area (Å²) in [5, 5.41) is 4.43. The molecule has 4 aromatic carbocycles. The van der Waals surface area contributed by atoms with E-state index in [1.54, 1.807) is 30.3 Å². The van der Waals surface area contributed by atoms with Gasteiger partial charge in [0.2, 0.25) is 0 Å². The maximum atomic E-state index is 13.4. The van der Waals surface area contributed by atoms with Gasteiger partial charge in [-0.2, -0.15) is 0 Å². The molecule has 250 valence electrons. The standard InChI is InChI=1S/C37H39ClN4O5S/c1-25-22-31(23-26(2)35(25)38)47-21-7-20-42-33-9-6-5-8-29(33)24-34(42)37(44)40-48(45,46)32-16-10-27(11-17-32)18-19-39-36(43)28-12-14-30(15-13-28)41(3)4/h5-6,8-17,22-24H,7,18-21H2,1-4H3,(H,39,43)(H,40,44). The SMILES string of the molecule is Cc1cc(OCCCn2c(C(=O)NS(=O)(=O)c3ccc(CCNC(=O)c4ccc(N(C)C)cc4)cc3)cc3ccccc32)cc(C)c1Cl. The van der Waals surface area contributed by atoms with E-state index in [2.05, 4.69) is 10.0 Å². The predicted molar refractivity (Wildman–Crippen MR) is 191 cm³/mol. The molecular formula is C37H39ClN4O5S. The van der Waals surface area contributed by atoms with Crippen molar-refractivity contribution in [3.63, 3.8) is 0 Å². The van der Waals surface area contributed by atoms with Crippen molar-refractivity contribution < 1.29 is 22.7 Å². The first-order valence-electron chi connectivity index (χ1n) is 15.6. The lowest BCUT2D eigenvalue weighted by Gasteiger charge is -2.13. The summed E-state index contributed by atoms with van der Waals surface area (Å²) >= 11 is 6.28. The van der Waals surface area contributed by atoms with Gasteiger partial charge in [0.1, 0.15) is 11.4 Å². The van der Waals surface area contributed by atoms with Gasteiger partial charge < -0.3 is 19.5 Å². The lowest BCUT2D eigenvalue weighted by Crippen LogP contribution is -2.32. The molecule has 2 amide bonds. The third-order valence-electron chi connectivity index (χ3n) is 8.05. The molecule has 0 aliphatic carbocycles. The zero-order valence-corrected chi connectivity index (χ0v) is 29.0. The first-order valence-corrected chi connectivity index (χ1v) is 17.5. The maximum Gasteiger partial charge on any atom is 0.281 e. The van der Waals surface area contributed by atoms with E-state index in [0.717, 1.165) is 39.0 Å². The van der Waals surface area contributed by atoms with E-state index < -0.39 is 15.9 Å². The average Bonchev–Trinajstić information content (AvgIpc) is 3.44. The Morgan fingerprint density at radius 2 is 1.54 bits per heavy atom. The first kappa shape index (κ1) is 34.5. The summed E-state index contributed by atoms with van der Waals surface area (Å²) in [7, 11) is -0.283. The number of carbonyl (C=O) groups is 2. The van der Waals surface area contributed by atoms with Crippen LogP contribution in [0.3, 0.4) is 0 Å². The highest BCUT2D eigenvalue weighted by atomic mass is 35.5. The molecule has 9 nitrogen and oxygen atoms in total. The summed E-state index contributed by atoms with van der Waals surface area (Å²) in [4.78, 5) is 27.9. The highest BCUT2D eigenvalue weighted by Crippen LogP contribution is 2.26. The van der Waals surface area contributed by atoms with Crippen molar-refractivity contribution in [2.24, 2.45) is 0 Å². The number of rotatable bonds is 13. The van der Waals surface area contributed by atoms with Crippen LogP contribution < -0.4 is 19.7 Å². The third-order valence-corrected chi connectivity index (χ3v) is 10.00. The number of aromatic nitrogens is 1. The number of aryl methyl sites for hydroxylation is 3. The quantitative estimate of drug-likeness (QED) is 0.136. The fraction of sp³-hybridized carbons (Fsp3) is 0.243. The number of amides is 2. The minimum absolute atomic E-state index is 0.0331. The number of halogens is 1. The van der Waals surface area contributed by atoms with Crippen LogP contribution in [0.5, 0.6) is 5.75 Å². The summed E-state index contributed by atoms with van der Waals surface area (Å²) in [6, 6.07) is 26.6. The van der Waals surface area contributed by atoms with Gasteiger partial charge in [0.15, 0.2) is 0 Å². The molecule has 0 aliphatic rings. The minimum atomic E-state index is -4.15. The van der Waals surface area contributed by atoms with Crippen LogP contribution >= 0.6 is 11.6 Å². The molecule has 5 aromatic rings. The molecule has 0 atom stereocenters. The molecule has 2 N–H and O–H groups in total. The van der Waals surface area contributed by atoms with Gasteiger partial charge in [0, 0.05) is 54.4 Å². The molecule has 0 aliphatic heterocycles. The number of fused-ring (bicyclic) bond motifs is 1. The average molecular weight is 687 g/mol. The van der Waals surface area contributed by atoms with Gasteiger partial charge in [-0.1, -0.05) is 41.9 Å². The predicted octanol–water partition coefficient (Wildman–Crippen LogP) is 6.54. The Morgan fingerprint density at radius 1 is 0.875 bits per heavy atom. The summed E-state index contributed by atoms with van der Waals surface area (Å²) in [5.74, 6) is -0.182. The van der Waals surface area contributed by atoms with Crippen molar-refractivity contribution in [3.8, 4) is 5.75 Å². The summed E-state index contributed by atoms with van der Waals surface area (Å²) < 4.78 is 36.5. The van der Waals surface area contributed by atoms with Crippen molar-refractivity contribution in [2.45, 2.75) is 38.1 Å². The molecule has 1 heterocycles. The van der Waals surface area contributed by atoms with E-state index in [0.29, 0.717) is 43.1 Å². The number of benzene rings is 4. The second-order valence-corrected chi connectivity index (χ2v) is 13.9. The zero-order chi connectivity index (χ0) is 34.4. The van der Waals surface area contributed by atoms with Crippen molar-refractivity contribution in [2.75, 3.05) is 32.1 Å². The van der Waals surface area contributed by atoms with Gasteiger partial charge in [-0.15, -0.1) is 0 Å². The molecule has 0 saturated heterocycles. The number of nitrogens with zero attached hydrogens (tertiary/aromatic N) is 2. The van der Waals surface area contributed by atoms with Crippen LogP contribution in [-0.2, 0) is 23.0 Å². The Balaban J connectivity index is 1.19. The molecule has 11 heteroatoms. The number of para-hydroxylation sites is 1. The third kappa shape index (κ3) is 8.18. The molecule has 0 unspecified atom stereocenters. The van der Waals surface area contributed by atoms with E-state index in [1.165, 1.54) is 12.1 Å². The molecule has 0 bridgehead atoms. The minimum Gasteiger partial charge on any atom is -0.494 e. The molecule has 48 heavy (non-hydrogen) atoms. The van der Waals surface area contributed by atoms with Gasteiger partial charge >= 0.3 is 0 Å². The van der Waals surface area contributed by atoms with Gasteiger partial charge in [-0.05, 0) is 104 Å². The topological polar surface area (TPSA) is 110 Å². The number of nitrogens with one attached hydrogen (secondary N) is 2. The number of anilines is 1. The molecular weight excluding hydrogens is 648 g/mol. The van der Waals surface area contributed by atoms with Crippen LogP contribution in [0.2, 0.25) is 5.02 Å². The Hall–Kier alpha value is -4.80. The second kappa shape index (κ2) is 15.0. The van der Waals surface area contributed by atoms with Crippen LogP contribution in [-0.4, -0.2) is 52.0 Å². The Bertz CT molecular complexity index is 2020. The Morgan fingerprint density at radius 3 is 2.21 bits per heavy atom. The number of ether oxygens (including phenoxy) is 1. The van der Waals surface area contributed by atoms with Gasteiger partial charge in [0.05, 0.1) is 11.5 Å². The summed E-state index contributed by atoms with van der Waals surface area (Å²) in [6.07, 6.45) is 1.09. The Kier molecular flexibility index (Phi) is 10.8. The van der Waals surface area contributed by atoms with Gasteiger partial charge in [-0.3, -0.25) is 9.59 Å². The molecule has 0 spiro atoms.